The van der Waals surface area contributed by atoms with Crippen molar-refractivity contribution in [2.45, 2.75) is 81.0 Å². The number of nitrogens with zero attached hydrogens (tertiary/aromatic N) is 1. The topological polar surface area (TPSA) is 120 Å². The molecule has 0 aliphatic carbocycles. The summed E-state index contributed by atoms with van der Waals surface area (Å²) in [6.45, 7) is 8.83. The number of fused-ring (bicyclic) bond motifs is 5. The van der Waals surface area contributed by atoms with E-state index < -0.39 is 48.9 Å². The van der Waals surface area contributed by atoms with Crippen molar-refractivity contribution >= 4 is 60.4 Å². The van der Waals surface area contributed by atoms with Gasteiger partial charge in [-0.05, 0) is 46.2 Å². The summed E-state index contributed by atoms with van der Waals surface area (Å²) in [5.41, 5.74) is 4.98. The maximum atomic E-state index is 13.7. The molecule has 2 aromatic heterocycles. The minimum absolute atomic E-state index is 0.0707. The zero-order chi connectivity index (χ0) is 32.1. The maximum absolute atomic E-state index is 13.7. The van der Waals surface area contributed by atoms with Gasteiger partial charge in [-0.2, -0.15) is 0 Å². The molecule has 0 saturated carbocycles. The van der Waals surface area contributed by atoms with Crippen molar-refractivity contribution in [3.8, 4) is 0 Å². The molecule has 4 aromatic rings. The maximum Gasteiger partial charge on any atom is 0.304 e. The molecule has 4 unspecified atom stereocenters. The fraction of sp³-hybridized carbons (Fsp3) is 0.406. The number of furan rings is 1. The van der Waals surface area contributed by atoms with Crippen LogP contribution in [0.25, 0.3) is 11.0 Å². The number of rotatable bonds is 6. The van der Waals surface area contributed by atoms with Gasteiger partial charge >= 0.3 is 5.91 Å². The quantitative estimate of drug-likeness (QED) is 0.239. The van der Waals surface area contributed by atoms with Gasteiger partial charge in [-0.25, -0.2) is 21.1 Å². The van der Waals surface area contributed by atoms with Gasteiger partial charge in [0.25, 0.3) is 10.0 Å². The highest BCUT2D eigenvalue weighted by Gasteiger charge is 2.49. The normalized spacial score (nSPS) is 23.3. The fourth-order valence-electron chi connectivity index (χ4n) is 6.59. The first-order chi connectivity index (χ1) is 21.3. The first-order valence-corrected chi connectivity index (χ1v) is 19.5. The van der Waals surface area contributed by atoms with Gasteiger partial charge in [-0.15, -0.1) is 11.3 Å². The summed E-state index contributed by atoms with van der Waals surface area (Å²) < 4.78 is 69.5. The van der Waals surface area contributed by atoms with Crippen LogP contribution in [0.1, 0.15) is 94.2 Å². The zero-order valence-electron chi connectivity index (χ0n) is 25.6. The lowest BCUT2D eigenvalue weighted by Gasteiger charge is -2.31. The van der Waals surface area contributed by atoms with Crippen molar-refractivity contribution in [3.63, 3.8) is 0 Å². The van der Waals surface area contributed by atoms with E-state index >= 15 is 0 Å². The highest BCUT2D eigenvalue weighted by molar-refractivity contribution is 7.90. The van der Waals surface area contributed by atoms with Crippen molar-refractivity contribution in [1.82, 2.24) is 4.31 Å². The van der Waals surface area contributed by atoms with Crippen molar-refractivity contribution in [2.75, 3.05) is 7.05 Å². The summed E-state index contributed by atoms with van der Waals surface area (Å²) >= 11 is -1.18. The van der Waals surface area contributed by atoms with Gasteiger partial charge in [-0.1, -0.05) is 64.1 Å². The molecule has 9 nitrogen and oxygen atoms in total. The molecule has 3 aliphatic heterocycles. The number of hydrogen-bond donors (Lipinski definition) is 0. The first kappa shape index (κ1) is 30.9. The number of carbonyl (C=O) groups excluding carboxylic acids is 1. The molecule has 13 heteroatoms. The van der Waals surface area contributed by atoms with E-state index in [1.807, 2.05) is 24.3 Å². The molecule has 0 saturated heterocycles. The van der Waals surface area contributed by atoms with Crippen LogP contribution in [0, 0.1) is 0 Å². The molecule has 7 rings (SSSR count). The molecule has 0 N–H and O–H groups in total. The molecule has 0 bridgehead atoms. The molecule has 0 spiro atoms. The molecule has 45 heavy (non-hydrogen) atoms. The molecule has 0 radical (unpaired) electrons. The third-order valence-corrected chi connectivity index (χ3v) is 15.3. The summed E-state index contributed by atoms with van der Waals surface area (Å²) in [4.78, 5) is 14.8. The summed E-state index contributed by atoms with van der Waals surface area (Å²) in [6.07, 6.45) is 1.29. The van der Waals surface area contributed by atoms with Gasteiger partial charge in [0.2, 0.25) is 5.76 Å². The summed E-state index contributed by atoms with van der Waals surface area (Å²) in [5.74, 6) is -0.180. The number of amides is 1. The van der Waals surface area contributed by atoms with Gasteiger partial charge in [0.05, 0.1) is 35.0 Å². The highest BCUT2D eigenvalue weighted by Crippen LogP contribution is 2.55. The Morgan fingerprint density at radius 2 is 1.36 bits per heavy atom. The predicted octanol–water partition coefficient (Wildman–Crippen LogP) is 6.09. The third kappa shape index (κ3) is 4.49. The highest BCUT2D eigenvalue weighted by atomic mass is 32.2. The van der Waals surface area contributed by atoms with E-state index in [1.165, 1.54) is 18.4 Å². The van der Waals surface area contributed by atoms with Crippen LogP contribution in [0.3, 0.4) is 0 Å². The van der Waals surface area contributed by atoms with Crippen molar-refractivity contribution in [3.05, 3.63) is 85.3 Å². The third-order valence-electron chi connectivity index (χ3n) is 9.94. The van der Waals surface area contributed by atoms with Gasteiger partial charge in [-0.3, -0.25) is 13.2 Å². The van der Waals surface area contributed by atoms with Crippen LogP contribution in [0.2, 0.25) is 0 Å². The molecule has 238 valence electrons. The van der Waals surface area contributed by atoms with Gasteiger partial charge < -0.3 is 4.42 Å². The van der Waals surface area contributed by atoms with E-state index in [0.29, 0.717) is 35.3 Å². The summed E-state index contributed by atoms with van der Waals surface area (Å²) in [7, 11) is -2.87. The second-order valence-electron chi connectivity index (χ2n) is 12.3. The molecular formula is C32H33NO8S4. The lowest BCUT2D eigenvalue weighted by molar-refractivity contribution is 0.0865. The van der Waals surface area contributed by atoms with Crippen LogP contribution in [0.15, 0.2) is 45.7 Å². The van der Waals surface area contributed by atoms with Crippen LogP contribution in [0.4, 0.5) is 0 Å². The average molecular weight is 688 g/mol. The largest absolute Gasteiger partial charge is 0.448 e. The van der Waals surface area contributed by atoms with Crippen molar-refractivity contribution < 1.29 is 34.4 Å². The second kappa shape index (κ2) is 10.7. The Hall–Kier alpha value is -2.68. The van der Waals surface area contributed by atoms with E-state index in [4.69, 9.17) is 12.8 Å². The van der Waals surface area contributed by atoms with Gasteiger partial charge in [0.1, 0.15) is 4.90 Å². The fourth-order valence-corrected chi connectivity index (χ4v) is 11.5. The SMILES string of the molecule is CCC(C)(c1ccc2c(c1)COS(=O)C2)c1sc(C(C)(CC)c2ccc3c(c2)COS(=O)C3)c2c3c(oc12)C(=O)N(C)S3(=O)=O. The Morgan fingerprint density at radius 1 is 0.844 bits per heavy atom. The summed E-state index contributed by atoms with van der Waals surface area (Å²) in [6, 6.07) is 12.2. The molecule has 4 atom stereocenters. The lowest BCUT2D eigenvalue weighted by atomic mass is 9.76. The molecule has 5 heterocycles. The Kier molecular flexibility index (Phi) is 7.34. The van der Waals surface area contributed by atoms with Gasteiger partial charge in [0, 0.05) is 22.8 Å². The number of hydrogen-bond acceptors (Lipinski definition) is 9. The molecule has 0 fully saturated rings. The number of carbonyl (C=O) groups is 1. The van der Waals surface area contributed by atoms with Crippen LogP contribution in [-0.4, -0.2) is 34.1 Å². The minimum atomic E-state index is -4.13. The van der Waals surface area contributed by atoms with Crippen LogP contribution in [0.5, 0.6) is 0 Å². The molecule has 3 aliphatic rings. The Balaban J connectivity index is 1.49. The molecular weight excluding hydrogens is 655 g/mol. The molecule has 2 aromatic carbocycles. The van der Waals surface area contributed by atoms with Crippen LogP contribution >= 0.6 is 11.3 Å². The monoisotopic (exact) mass is 687 g/mol. The van der Waals surface area contributed by atoms with Crippen LogP contribution < -0.4 is 0 Å². The van der Waals surface area contributed by atoms with Crippen molar-refractivity contribution in [1.29, 1.82) is 0 Å². The number of sulfonamides is 1. The molecule has 1 amide bonds. The summed E-state index contributed by atoms with van der Waals surface area (Å²) in [5, 5.41) is 0.457. The lowest BCUT2D eigenvalue weighted by Crippen LogP contribution is -2.26. The first-order valence-electron chi connectivity index (χ1n) is 14.7. The van der Waals surface area contributed by atoms with E-state index in [9.17, 15) is 21.6 Å². The van der Waals surface area contributed by atoms with E-state index in [-0.39, 0.29) is 23.9 Å². The van der Waals surface area contributed by atoms with E-state index in [0.717, 1.165) is 47.4 Å². The predicted molar refractivity (Wildman–Crippen MR) is 173 cm³/mol. The number of thiophene rings is 1. The Labute approximate surface area is 271 Å². The van der Waals surface area contributed by atoms with E-state index in [2.05, 4.69) is 39.8 Å². The Morgan fingerprint density at radius 3 is 1.87 bits per heavy atom. The van der Waals surface area contributed by atoms with Gasteiger partial charge in [0.15, 0.2) is 27.7 Å². The minimum Gasteiger partial charge on any atom is -0.448 e. The Bertz CT molecular complexity index is 2080. The second-order valence-corrected chi connectivity index (χ2v) is 17.5. The van der Waals surface area contributed by atoms with E-state index in [1.54, 1.807) is 0 Å². The smallest absolute Gasteiger partial charge is 0.304 e. The van der Waals surface area contributed by atoms with Crippen molar-refractivity contribution in [2.24, 2.45) is 0 Å². The standard InChI is InChI=1S/C32H33NO8S4/c1-6-31(3,22-10-8-18-16-43(35)39-14-20(18)12-22)28-24-25(41-26-27(24)45(37,38)33(5)30(26)34)29(42-28)32(4,7-2)23-11-9-19-17-44(36)40-15-21(19)13-23/h8-13H,6-7,14-17H2,1-5H3. The zero-order valence-corrected chi connectivity index (χ0v) is 28.8. The average Bonchev–Trinajstić information content (AvgIpc) is 3.65. The number of benzene rings is 2. The van der Waals surface area contributed by atoms with Crippen LogP contribution in [-0.2, 0) is 76.1 Å².